The number of hydrogen-bond donors (Lipinski definition) is 4. The van der Waals surface area contributed by atoms with E-state index in [0.29, 0.717) is 18.5 Å². The van der Waals surface area contributed by atoms with Crippen LogP contribution in [0.4, 0.5) is 0 Å². The Bertz CT molecular complexity index is 708. The molecule has 0 spiro atoms. The van der Waals surface area contributed by atoms with Crippen LogP contribution in [0.1, 0.15) is 16.8 Å². The molecule has 20 heavy (non-hydrogen) atoms. The smallest absolute Gasteiger partial charge is 0.274 e. The van der Waals surface area contributed by atoms with Gasteiger partial charge in [-0.15, -0.1) is 0 Å². The lowest BCUT2D eigenvalue weighted by atomic mass is 10.1. The summed E-state index contributed by atoms with van der Waals surface area (Å²) in [4.78, 5) is 15.0. The van der Waals surface area contributed by atoms with E-state index in [0.717, 1.165) is 10.9 Å². The SMILES string of the molecule is NS(=O)(=O)NCCCNC(=O)c1cccc2cc[nH]c12. The highest BCUT2D eigenvalue weighted by Crippen LogP contribution is 2.16. The minimum Gasteiger partial charge on any atom is -0.361 e. The van der Waals surface area contributed by atoms with Gasteiger partial charge in [0.2, 0.25) is 0 Å². The molecule has 1 aromatic heterocycles. The lowest BCUT2D eigenvalue weighted by molar-refractivity contribution is 0.0955. The monoisotopic (exact) mass is 296 g/mol. The number of H-pyrrole nitrogens is 1. The van der Waals surface area contributed by atoms with Gasteiger partial charge in [-0.2, -0.15) is 8.42 Å². The van der Waals surface area contributed by atoms with Gasteiger partial charge in [0.1, 0.15) is 0 Å². The van der Waals surface area contributed by atoms with Crippen molar-refractivity contribution in [3.8, 4) is 0 Å². The standard InChI is InChI=1S/C12H16N4O3S/c13-20(18,19)16-7-2-6-15-12(17)10-4-1-3-9-5-8-14-11(9)10/h1,3-5,8,14,16H,2,6-7H2,(H,15,17)(H2,13,18,19). The van der Waals surface area contributed by atoms with Crippen LogP contribution in [0.5, 0.6) is 0 Å². The molecule has 0 aliphatic carbocycles. The Kier molecular flexibility index (Phi) is 4.38. The molecule has 0 saturated heterocycles. The van der Waals surface area contributed by atoms with Crippen LogP contribution in [0.3, 0.4) is 0 Å². The summed E-state index contributed by atoms with van der Waals surface area (Å²) in [5, 5.41) is 8.49. The quantitative estimate of drug-likeness (QED) is 0.565. The summed E-state index contributed by atoms with van der Waals surface area (Å²) >= 11 is 0. The molecule has 0 aliphatic rings. The summed E-state index contributed by atoms with van der Waals surface area (Å²) < 4.78 is 23.4. The third-order valence-corrected chi connectivity index (χ3v) is 3.38. The predicted octanol–water partition coefficient (Wildman–Crippen LogP) is 0.0809. The Morgan fingerprint density at radius 1 is 1.25 bits per heavy atom. The number of para-hydroxylation sites is 1. The number of carbonyl (C=O) groups is 1. The first kappa shape index (κ1) is 14.5. The summed E-state index contributed by atoms with van der Waals surface area (Å²) in [7, 11) is -3.67. The minimum atomic E-state index is -3.67. The van der Waals surface area contributed by atoms with Crippen molar-refractivity contribution in [3.05, 3.63) is 36.0 Å². The minimum absolute atomic E-state index is 0.186. The maximum absolute atomic E-state index is 12.0. The molecule has 0 saturated carbocycles. The van der Waals surface area contributed by atoms with Crippen molar-refractivity contribution in [2.75, 3.05) is 13.1 Å². The lowest BCUT2D eigenvalue weighted by Crippen LogP contribution is -2.33. The average Bonchev–Trinajstić information content (AvgIpc) is 2.84. The number of fused-ring (bicyclic) bond motifs is 1. The van der Waals surface area contributed by atoms with Gasteiger partial charge in [0.05, 0.1) is 11.1 Å². The maximum atomic E-state index is 12.0. The maximum Gasteiger partial charge on any atom is 0.274 e. The second-order valence-corrected chi connectivity index (χ2v) is 5.67. The summed E-state index contributed by atoms with van der Waals surface area (Å²) in [5.41, 5.74) is 1.35. The molecular formula is C12H16N4O3S. The molecule has 108 valence electrons. The van der Waals surface area contributed by atoms with Gasteiger partial charge in [-0.1, -0.05) is 12.1 Å². The van der Waals surface area contributed by atoms with Crippen molar-refractivity contribution in [2.24, 2.45) is 5.14 Å². The molecule has 0 aliphatic heterocycles. The van der Waals surface area contributed by atoms with Crippen LogP contribution in [-0.2, 0) is 10.2 Å². The first-order valence-corrected chi connectivity index (χ1v) is 7.64. The van der Waals surface area contributed by atoms with Crippen LogP contribution < -0.4 is 15.2 Å². The molecule has 5 N–H and O–H groups in total. The van der Waals surface area contributed by atoms with Gasteiger partial charge in [-0.05, 0) is 18.6 Å². The average molecular weight is 296 g/mol. The number of rotatable bonds is 6. The van der Waals surface area contributed by atoms with Crippen molar-refractivity contribution in [1.29, 1.82) is 0 Å². The van der Waals surface area contributed by atoms with Gasteiger partial charge < -0.3 is 10.3 Å². The van der Waals surface area contributed by atoms with E-state index in [4.69, 9.17) is 5.14 Å². The molecule has 0 bridgehead atoms. The van der Waals surface area contributed by atoms with E-state index in [1.807, 2.05) is 18.2 Å². The van der Waals surface area contributed by atoms with Crippen molar-refractivity contribution in [1.82, 2.24) is 15.0 Å². The van der Waals surface area contributed by atoms with E-state index in [2.05, 4.69) is 15.0 Å². The zero-order valence-electron chi connectivity index (χ0n) is 10.7. The number of hydrogen-bond acceptors (Lipinski definition) is 3. The van der Waals surface area contributed by atoms with Gasteiger partial charge in [-0.25, -0.2) is 9.86 Å². The molecule has 0 fully saturated rings. The number of aromatic amines is 1. The van der Waals surface area contributed by atoms with Crippen LogP contribution >= 0.6 is 0 Å². The molecule has 8 heteroatoms. The van der Waals surface area contributed by atoms with Crippen molar-refractivity contribution in [2.45, 2.75) is 6.42 Å². The van der Waals surface area contributed by atoms with Gasteiger partial charge in [0, 0.05) is 24.7 Å². The first-order chi connectivity index (χ1) is 9.47. The molecular weight excluding hydrogens is 280 g/mol. The molecule has 0 unspecified atom stereocenters. The summed E-state index contributed by atoms with van der Waals surface area (Å²) in [6, 6.07) is 7.35. The molecule has 0 atom stereocenters. The molecule has 2 aromatic rings. The Hall–Kier alpha value is -1.90. The zero-order valence-corrected chi connectivity index (χ0v) is 11.5. The van der Waals surface area contributed by atoms with E-state index >= 15 is 0 Å². The van der Waals surface area contributed by atoms with E-state index in [1.54, 1.807) is 12.3 Å². The number of nitrogens with one attached hydrogen (secondary N) is 3. The Balaban J connectivity index is 1.88. The predicted molar refractivity (Wildman–Crippen MR) is 76.4 cm³/mol. The number of amides is 1. The molecule has 1 heterocycles. The molecule has 0 radical (unpaired) electrons. The normalized spacial score (nSPS) is 11.7. The van der Waals surface area contributed by atoms with Crippen LogP contribution in [0, 0.1) is 0 Å². The Labute approximate surface area is 116 Å². The zero-order chi connectivity index (χ0) is 14.6. The molecule has 7 nitrogen and oxygen atoms in total. The van der Waals surface area contributed by atoms with Crippen LogP contribution in [-0.4, -0.2) is 32.4 Å². The van der Waals surface area contributed by atoms with E-state index < -0.39 is 10.2 Å². The number of aromatic nitrogens is 1. The highest BCUT2D eigenvalue weighted by Gasteiger charge is 2.09. The van der Waals surface area contributed by atoms with Crippen LogP contribution in [0.25, 0.3) is 10.9 Å². The summed E-state index contributed by atoms with van der Waals surface area (Å²) in [5.74, 6) is -0.200. The van der Waals surface area contributed by atoms with Crippen LogP contribution in [0.15, 0.2) is 30.5 Å². The van der Waals surface area contributed by atoms with Gasteiger partial charge >= 0.3 is 0 Å². The fourth-order valence-corrected chi connectivity index (χ4v) is 2.30. The summed E-state index contributed by atoms with van der Waals surface area (Å²) in [6.07, 6.45) is 2.24. The first-order valence-electron chi connectivity index (χ1n) is 6.09. The second kappa shape index (κ2) is 6.04. The third-order valence-electron chi connectivity index (χ3n) is 2.77. The van der Waals surface area contributed by atoms with Gasteiger partial charge in [0.25, 0.3) is 16.1 Å². The second-order valence-electron chi connectivity index (χ2n) is 4.30. The topological polar surface area (TPSA) is 117 Å². The number of benzene rings is 1. The highest BCUT2D eigenvalue weighted by molar-refractivity contribution is 7.87. The van der Waals surface area contributed by atoms with E-state index in [1.165, 1.54) is 0 Å². The number of nitrogens with two attached hydrogens (primary N) is 1. The largest absolute Gasteiger partial charge is 0.361 e. The van der Waals surface area contributed by atoms with E-state index in [9.17, 15) is 13.2 Å². The molecule has 1 amide bonds. The van der Waals surface area contributed by atoms with Crippen molar-refractivity contribution in [3.63, 3.8) is 0 Å². The Morgan fingerprint density at radius 2 is 2.05 bits per heavy atom. The van der Waals surface area contributed by atoms with Crippen molar-refractivity contribution >= 4 is 27.0 Å². The third kappa shape index (κ3) is 3.80. The Morgan fingerprint density at radius 3 is 2.80 bits per heavy atom. The fraction of sp³-hybridized carbons (Fsp3) is 0.250. The highest BCUT2D eigenvalue weighted by atomic mass is 32.2. The van der Waals surface area contributed by atoms with Gasteiger partial charge in [0.15, 0.2) is 0 Å². The fourth-order valence-electron chi connectivity index (χ4n) is 1.87. The summed E-state index contributed by atoms with van der Waals surface area (Å²) in [6.45, 7) is 0.546. The molecule has 2 rings (SSSR count). The number of carbonyl (C=O) groups excluding carboxylic acids is 1. The van der Waals surface area contributed by atoms with Gasteiger partial charge in [-0.3, -0.25) is 4.79 Å². The van der Waals surface area contributed by atoms with E-state index in [-0.39, 0.29) is 12.5 Å². The molecule has 1 aromatic carbocycles. The van der Waals surface area contributed by atoms with Crippen molar-refractivity contribution < 1.29 is 13.2 Å². The van der Waals surface area contributed by atoms with Crippen LogP contribution in [0.2, 0.25) is 0 Å². The lowest BCUT2D eigenvalue weighted by Gasteiger charge is -2.06.